The first-order chi connectivity index (χ1) is 8.65. The van der Waals surface area contributed by atoms with Crippen LogP contribution in [0.3, 0.4) is 0 Å². The Morgan fingerprint density at radius 2 is 1.89 bits per heavy atom. The molecule has 0 bridgehead atoms. The highest BCUT2D eigenvalue weighted by atomic mass is 16.4. The van der Waals surface area contributed by atoms with Crippen LogP contribution in [0.4, 0.5) is 5.69 Å². The number of benzene rings is 1. The van der Waals surface area contributed by atoms with Crippen LogP contribution in [0, 0.1) is 18.8 Å². The van der Waals surface area contributed by atoms with Gasteiger partial charge in [-0.05, 0) is 56.6 Å². The van der Waals surface area contributed by atoms with E-state index in [9.17, 15) is 9.90 Å². The zero-order valence-corrected chi connectivity index (χ0v) is 10.6. The summed E-state index contributed by atoms with van der Waals surface area (Å²) in [5.74, 6) is 0.687. The molecule has 0 radical (unpaired) electrons. The molecule has 0 aliphatic heterocycles. The minimum absolute atomic E-state index is 0.404. The van der Waals surface area contributed by atoms with Gasteiger partial charge in [0.1, 0.15) is 0 Å². The van der Waals surface area contributed by atoms with Gasteiger partial charge in [0.05, 0.1) is 5.56 Å². The van der Waals surface area contributed by atoms with Crippen molar-refractivity contribution in [1.82, 2.24) is 0 Å². The van der Waals surface area contributed by atoms with Crippen molar-refractivity contribution in [3.63, 3.8) is 0 Å². The van der Waals surface area contributed by atoms with Gasteiger partial charge in [0.25, 0.3) is 0 Å². The van der Waals surface area contributed by atoms with Crippen LogP contribution in [0.1, 0.15) is 41.6 Å². The summed E-state index contributed by atoms with van der Waals surface area (Å²) >= 11 is 0. The zero-order valence-electron chi connectivity index (χ0n) is 10.6. The summed E-state index contributed by atoms with van der Waals surface area (Å²) in [5, 5.41) is 12.8. The third kappa shape index (κ3) is 2.35. The second kappa shape index (κ2) is 4.30. The monoisotopic (exact) mass is 245 g/mol. The molecule has 3 rings (SSSR count). The molecule has 0 heterocycles. The molecule has 0 amide bonds. The minimum Gasteiger partial charge on any atom is -0.478 e. The lowest BCUT2D eigenvalue weighted by atomic mass is 10.0. The summed E-state index contributed by atoms with van der Waals surface area (Å²) in [6.45, 7) is 1.93. The summed E-state index contributed by atoms with van der Waals surface area (Å²) in [4.78, 5) is 11.3. The number of aromatic carboxylic acids is 1. The van der Waals surface area contributed by atoms with Gasteiger partial charge in [-0.15, -0.1) is 0 Å². The van der Waals surface area contributed by atoms with Crippen LogP contribution in [0.25, 0.3) is 0 Å². The third-order valence-corrected chi connectivity index (χ3v) is 3.99. The molecule has 2 saturated carbocycles. The molecule has 0 saturated heterocycles. The van der Waals surface area contributed by atoms with E-state index in [0.717, 1.165) is 23.1 Å². The van der Waals surface area contributed by atoms with Crippen LogP contribution in [0.2, 0.25) is 0 Å². The molecule has 0 aromatic heterocycles. The maximum Gasteiger partial charge on any atom is 0.337 e. The van der Waals surface area contributed by atoms with Gasteiger partial charge in [-0.2, -0.15) is 0 Å². The average molecular weight is 245 g/mol. The predicted molar refractivity (Wildman–Crippen MR) is 71.0 cm³/mol. The van der Waals surface area contributed by atoms with Gasteiger partial charge in [0.2, 0.25) is 0 Å². The van der Waals surface area contributed by atoms with Crippen LogP contribution < -0.4 is 5.32 Å². The summed E-state index contributed by atoms with van der Waals surface area (Å²) in [5.41, 5.74) is 2.19. The fraction of sp³-hybridized carbons (Fsp3) is 0.533. The van der Waals surface area contributed by atoms with Gasteiger partial charge in [-0.25, -0.2) is 4.79 Å². The molecule has 2 N–H and O–H groups in total. The van der Waals surface area contributed by atoms with E-state index in [0.29, 0.717) is 11.6 Å². The van der Waals surface area contributed by atoms with Crippen molar-refractivity contribution in [2.75, 3.05) is 5.32 Å². The molecule has 0 unspecified atom stereocenters. The molecule has 1 aromatic carbocycles. The van der Waals surface area contributed by atoms with Gasteiger partial charge in [-0.1, -0.05) is 11.6 Å². The third-order valence-electron chi connectivity index (χ3n) is 3.99. The highest BCUT2D eigenvalue weighted by Crippen LogP contribution is 2.46. The molecule has 96 valence electrons. The van der Waals surface area contributed by atoms with Crippen LogP contribution in [0.15, 0.2) is 18.2 Å². The number of nitrogens with one attached hydrogen (secondary N) is 1. The van der Waals surface area contributed by atoms with Crippen LogP contribution in [-0.2, 0) is 0 Å². The lowest BCUT2D eigenvalue weighted by Gasteiger charge is -2.20. The Labute approximate surface area is 107 Å². The van der Waals surface area contributed by atoms with Gasteiger partial charge in [0, 0.05) is 11.7 Å². The number of hydrogen-bond acceptors (Lipinski definition) is 2. The largest absolute Gasteiger partial charge is 0.478 e. The molecule has 3 heteroatoms. The van der Waals surface area contributed by atoms with E-state index in [1.54, 1.807) is 6.07 Å². The van der Waals surface area contributed by atoms with E-state index in [1.165, 1.54) is 25.7 Å². The first kappa shape index (κ1) is 11.6. The molecule has 2 aliphatic rings. The van der Waals surface area contributed by atoms with Gasteiger partial charge >= 0.3 is 5.97 Å². The van der Waals surface area contributed by atoms with E-state index >= 15 is 0 Å². The second-order valence-electron chi connectivity index (χ2n) is 5.70. The average Bonchev–Trinajstić information content (AvgIpc) is 3.19. The summed E-state index contributed by atoms with van der Waals surface area (Å²) in [7, 11) is 0. The van der Waals surface area contributed by atoms with Gasteiger partial charge in [0.15, 0.2) is 0 Å². The highest BCUT2D eigenvalue weighted by Gasteiger charge is 2.41. The number of carbonyl (C=O) groups is 1. The number of carboxylic acid groups (broad SMARTS) is 1. The Balaban J connectivity index is 1.84. The number of aryl methyl sites for hydroxylation is 1. The first-order valence-electron chi connectivity index (χ1n) is 6.75. The van der Waals surface area contributed by atoms with E-state index in [1.807, 2.05) is 19.1 Å². The van der Waals surface area contributed by atoms with Crippen molar-refractivity contribution in [2.24, 2.45) is 11.8 Å². The molecule has 3 nitrogen and oxygen atoms in total. The quantitative estimate of drug-likeness (QED) is 0.836. The molecule has 2 fully saturated rings. The maximum atomic E-state index is 11.3. The van der Waals surface area contributed by atoms with Crippen molar-refractivity contribution in [3.05, 3.63) is 29.3 Å². The molecule has 1 aromatic rings. The molecular weight excluding hydrogens is 226 g/mol. The van der Waals surface area contributed by atoms with Crippen LogP contribution >= 0.6 is 0 Å². The lowest BCUT2D eigenvalue weighted by Crippen LogP contribution is -2.25. The topological polar surface area (TPSA) is 49.3 Å². The first-order valence-corrected chi connectivity index (χ1v) is 6.75. The summed E-state index contributed by atoms with van der Waals surface area (Å²) < 4.78 is 0. The van der Waals surface area contributed by atoms with Crippen molar-refractivity contribution >= 4 is 11.7 Å². The normalized spacial score (nSPS) is 19.0. The Bertz CT molecular complexity index is 463. The van der Waals surface area contributed by atoms with Crippen LogP contribution in [0.5, 0.6) is 0 Å². The second-order valence-corrected chi connectivity index (χ2v) is 5.70. The van der Waals surface area contributed by atoms with E-state index in [4.69, 9.17) is 0 Å². The van der Waals surface area contributed by atoms with Crippen molar-refractivity contribution in [2.45, 2.75) is 38.6 Å². The number of anilines is 1. The fourth-order valence-corrected chi connectivity index (χ4v) is 2.67. The fourth-order valence-electron chi connectivity index (χ4n) is 2.67. The smallest absolute Gasteiger partial charge is 0.337 e. The molecule has 0 atom stereocenters. The lowest BCUT2D eigenvalue weighted by molar-refractivity contribution is 0.0697. The Morgan fingerprint density at radius 3 is 2.39 bits per heavy atom. The molecule has 0 spiro atoms. The van der Waals surface area contributed by atoms with Gasteiger partial charge < -0.3 is 10.4 Å². The number of carboxylic acids is 1. The number of hydrogen-bond donors (Lipinski definition) is 2. The Kier molecular flexibility index (Phi) is 2.77. The SMILES string of the molecule is Cc1ccc(NC(C2CC2)C2CC2)c(C(=O)O)c1. The maximum absolute atomic E-state index is 11.3. The standard InChI is InChI=1S/C15H19NO2/c1-9-2-7-13(12(8-9)15(17)18)16-14(10-3-4-10)11-5-6-11/h2,7-8,10-11,14,16H,3-6H2,1H3,(H,17,18). The summed E-state index contributed by atoms with van der Waals surface area (Å²) in [6, 6.07) is 6.13. The summed E-state index contributed by atoms with van der Waals surface area (Å²) in [6.07, 6.45) is 5.18. The van der Waals surface area contributed by atoms with Gasteiger partial charge in [-0.3, -0.25) is 0 Å². The van der Waals surface area contributed by atoms with E-state index in [2.05, 4.69) is 5.32 Å². The zero-order chi connectivity index (χ0) is 12.7. The van der Waals surface area contributed by atoms with E-state index < -0.39 is 5.97 Å². The number of rotatable bonds is 5. The van der Waals surface area contributed by atoms with Crippen molar-refractivity contribution in [3.8, 4) is 0 Å². The predicted octanol–water partition coefficient (Wildman–Crippen LogP) is 3.29. The van der Waals surface area contributed by atoms with Crippen molar-refractivity contribution in [1.29, 1.82) is 0 Å². The minimum atomic E-state index is -0.841. The Hall–Kier alpha value is -1.51. The molecule has 2 aliphatic carbocycles. The van der Waals surface area contributed by atoms with E-state index in [-0.39, 0.29) is 0 Å². The molecular formula is C15H19NO2. The highest BCUT2D eigenvalue weighted by molar-refractivity contribution is 5.94. The van der Waals surface area contributed by atoms with Crippen LogP contribution in [-0.4, -0.2) is 17.1 Å². The Morgan fingerprint density at radius 1 is 1.28 bits per heavy atom. The van der Waals surface area contributed by atoms with Crippen molar-refractivity contribution < 1.29 is 9.90 Å². The molecule has 18 heavy (non-hydrogen) atoms.